The van der Waals surface area contributed by atoms with Gasteiger partial charge >= 0.3 is 0 Å². The molecule has 0 saturated carbocycles. The van der Waals surface area contributed by atoms with Gasteiger partial charge in [-0.1, -0.05) is 0 Å². The molecule has 3 N–H and O–H groups in total. The van der Waals surface area contributed by atoms with Gasteiger partial charge in [0.2, 0.25) is 0 Å². The lowest BCUT2D eigenvalue weighted by atomic mass is 10.1. The third-order valence-electron chi connectivity index (χ3n) is 1.47. The average Bonchev–Trinajstić information content (AvgIpc) is 1.98. The third-order valence-corrected chi connectivity index (χ3v) is 1.47. The number of hydrogen-bond donors (Lipinski definition) is 2. The lowest BCUT2D eigenvalue weighted by Crippen LogP contribution is -2.45. The van der Waals surface area contributed by atoms with Crippen molar-refractivity contribution < 1.29 is 4.74 Å². The maximum absolute atomic E-state index is 5.69. The van der Waals surface area contributed by atoms with Crippen LogP contribution >= 0.6 is 0 Å². The van der Waals surface area contributed by atoms with Gasteiger partial charge in [-0.05, 0) is 34.6 Å². The fraction of sp³-hybridized carbons (Fsp3) is 0.900. The van der Waals surface area contributed by atoms with E-state index in [0.29, 0.717) is 19.1 Å². The summed E-state index contributed by atoms with van der Waals surface area (Å²) in [4.78, 5) is 4.19. The minimum Gasteiger partial charge on any atom is -0.377 e. The molecule has 0 aromatic rings. The van der Waals surface area contributed by atoms with Gasteiger partial charge in [0.1, 0.15) is 0 Å². The van der Waals surface area contributed by atoms with Gasteiger partial charge in [0.25, 0.3) is 0 Å². The molecule has 4 heteroatoms. The summed E-state index contributed by atoms with van der Waals surface area (Å²) in [6.45, 7) is 11.4. The van der Waals surface area contributed by atoms with Gasteiger partial charge in [-0.25, -0.2) is 0 Å². The number of aliphatic imine (C=N–C) groups is 1. The Labute approximate surface area is 86.9 Å². The van der Waals surface area contributed by atoms with Crippen LogP contribution in [-0.2, 0) is 4.74 Å². The monoisotopic (exact) mass is 201 g/mol. The summed E-state index contributed by atoms with van der Waals surface area (Å²) in [5, 5.41) is 3.09. The summed E-state index contributed by atoms with van der Waals surface area (Å²) in [6, 6.07) is 0. The minimum atomic E-state index is -0.0393. The highest BCUT2D eigenvalue weighted by Gasteiger charge is 2.09. The Morgan fingerprint density at radius 3 is 2.50 bits per heavy atom. The Morgan fingerprint density at radius 2 is 2.07 bits per heavy atom. The standard InChI is InChI=1S/C10H23N3O/c1-6-14-8(2)7-12-9(11)13-10(3,4)5/h8H,6-7H2,1-5H3,(H3,11,12,13). The van der Waals surface area contributed by atoms with E-state index >= 15 is 0 Å². The summed E-state index contributed by atoms with van der Waals surface area (Å²) in [6.07, 6.45) is 0.125. The molecule has 0 amide bonds. The number of ether oxygens (including phenoxy) is 1. The molecule has 14 heavy (non-hydrogen) atoms. The number of guanidine groups is 1. The molecule has 0 aromatic carbocycles. The van der Waals surface area contributed by atoms with Crippen LogP contribution in [0.2, 0.25) is 0 Å². The van der Waals surface area contributed by atoms with Crippen molar-refractivity contribution in [3.8, 4) is 0 Å². The zero-order valence-corrected chi connectivity index (χ0v) is 9.92. The number of nitrogens with zero attached hydrogens (tertiary/aromatic N) is 1. The number of hydrogen-bond acceptors (Lipinski definition) is 2. The first-order valence-electron chi connectivity index (χ1n) is 5.05. The quantitative estimate of drug-likeness (QED) is 0.529. The third kappa shape index (κ3) is 7.86. The van der Waals surface area contributed by atoms with Crippen LogP contribution in [-0.4, -0.2) is 30.8 Å². The van der Waals surface area contributed by atoms with Gasteiger partial charge in [0.05, 0.1) is 12.6 Å². The number of nitrogens with two attached hydrogens (primary N) is 1. The highest BCUT2D eigenvalue weighted by molar-refractivity contribution is 5.78. The van der Waals surface area contributed by atoms with Gasteiger partial charge in [-0.3, -0.25) is 4.99 Å². The molecule has 0 bridgehead atoms. The summed E-state index contributed by atoms with van der Waals surface area (Å²) < 4.78 is 5.33. The second-order valence-electron chi connectivity index (χ2n) is 4.37. The Kier molecular flexibility index (Phi) is 5.53. The maximum Gasteiger partial charge on any atom is 0.189 e. The van der Waals surface area contributed by atoms with Crippen molar-refractivity contribution in [2.75, 3.05) is 13.2 Å². The van der Waals surface area contributed by atoms with E-state index in [9.17, 15) is 0 Å². The fourth-order valence-electron chi connectivity index (χ4n) is 0.988. The molecule has 0 aliphatic rings. The topological polar surface area (TPSA) is 59.6 Å². The summed E-state index contributed by atoms with van der Waals surface area (Å²) >= 11 is 0. The van der Waals surface area contributed by atoms with Gasteiger partial charge in [-0.2, -0.15) is 0 Å². The van der Waals surface area contributed by atoms with Crippen molar-refractivity contribution in [3.05, 3.63) is 0 Å². The summed E-state index contributed by atoms with van der Waals surface area (Å²) in [5.41, 5.74) is 5.65. The second-order valence-corrected chi connectivity index (χ2v) is 4.37. The lowest BCUT2D eigenvalue weighted by molar-refractivity contribution is 0.0828. The van der Waals surface area contributed by atoms with Crippen LogP contribution in [0, 0.1) is 0 Å². The molecule has 84 valence electrons. The van der Waals surface area contributed by atoms with E-state index in [1.54, 1.807) is 0 Å². The zero-order chi connectivity index (χ0) is 11.2. The van der Waals surface area contributed by atoms with E-state index in [4.69, 9.17) is 10.5 Å². The summed E-state index contributed by atoms with van der Waals surface area (Å²) in [5.74, 6) is 0.476. The van der Waals surface area contributed by atoms with Crippen LogP contribution in [0.4, 0.5) is 0 Å². The molecule has 0 saturated heterocycles. The Bertz CT molecular complexity index is 184. The van der Waals surface area contributed by atoms with Crippen molar-refractivity contribution in [2.24, 2.45) is 10.7 Å². The SMILES string of the molecule is CCOC(C)CN=C(N)NC(C)(C)C. The molecular formula is C10H23N3O. The molecular weight excluding hydrogens is 178 g/mol. The first-order chi connectivity index (χ1) is 6.35. The molecule has 0 aliphatic carbocycles. The van der Waals surface area contributed by atoms with Gasteiger partial charge < -0.3 is 15.8 Å². The molecule has 0 rings (SSSR count). The van der Waals surface area contributed by atoms with E-state index in [2.05, 4.69) is 10.3 Å². The second kappa shape index (κ2) is 5.86. The van der Waals surface area contributed by atoms with E-state index in [-0.39, 0.29) is 11.6 Å². The van der Waals surface area contributed by atoms with E-state index in [1.165, 1.54) is 0 Å². The predicted octanol–water partition coefficient (Wildman–Crippen LogP) is 1.11. The van der Waals surface area contributed by atoms with E-state index in [1.807, 2.05) is 34.6 Å². The van der Waals surface area contributed by atoms with Gasteiger partial charge in [0.15, 0.2) is 5.96 Å². The molecule has 0 fully saturated rings. The van der Waals surface area contributed by atoms with Crippen LogP contribution in [0.3, 0.4) is 0 Å². The van der Waals surface area contributed by atoms with Crippen LogP contribution in [0.25, 0.3) is 0 Å². The Morgan fingerprint density at radius 1 is 1.50 bits per heavy atom. The zero-order valence-electron chi connectivity index (χ0n) is 9.92. The van der Waals surface area contributed by atoms with Crippen LogP contribution in [0.15, 0.2) is 4.99 Å². The highest BCUT2D eigenvalue weighted by atomic mass is 16.5. The number of nitrogens with one attached hydrogen (secondary N) is 1. The molecule has 4 nitrogen and oxygen atoms in total. The Hall–Kier alpha value is -0.770. The van der Waals surface area contributed by atoms with Crippen molar-refractivity contribution >= 4 is 5.96 Å². The fourth-order valence-corrected chi connectivity index (χ4v) is 0.988. The Balaban J connectivity index is 3.88. The molecule has 0 heterocycles. The van der Waals surface area contributed by atoms with Crippen molar-refractivity contribution in [2.45, 2.75) is 46.3 Å². The maximum atomic E-state index is 5.69. The number of rotatable bonds is 4. The van der Waals surface area contributed by atoms with Crippen LogP contribution in [0.5, 0.6) is 0 Å². The smallest absolute Gasteiger partial charge is 0.189 e. The first kappa shape index (κ1) is 13.2. The predicted molar refractivity (Wildman–Crippen MR) is 60.5 cm³/mol. The highest BCUT2D eigenvalue weighted by Crippen LogP contribution is 1.97. The van der Waals surface area contributed by atoms with Gasteiger partial charge in [0, 0.05) is 12.1 Å². The minimum absolute atomic E-state index is 0.0393. The lowest BCUT2D eigenvalue weighted by Gasteiger charge is -2.21. The van der Waals surface area contributed by atoms with E-state index < -0.39 is 0 Å². The largest absolute Gasteiger partial charge is 0.377 e. The van der Waals surface area contributed by atoms with Gasteiger partial charge in [-0.15, -0.1) is 0 Å². The molecule has 0 spiro atoms. The average molecular weight is 201 g/mol. The molecule has 0 aliphatic heterocycles. The molecule has 0 radical (unpaired) electrons. The molecule has 1 unspecified atom stereocenters. The summed E-state index contributed by atoms with van der Waals surface area (Å²) in [7, 11) is 0. The first-order valence-corrected chi connectivity index (χ1v) is 5.05. The van der Waals surface area contributed by atoms with Crippen molar-refractivity contribution in [3.63, 3.8) is 0 Å². The van der Waals surface area contributed by atoms with E-state index in [0.717, 1.165) is 0 Å². The normalized spacial score (nSPS) is 15.4. The van der Waals surface area contributed by atoms with Crippen molar-refractivity contribution in [1.29, 1.82) is 0 Å². The van der Waals surface area contributed by atoms with Crippen LogP contribution < -0.4 is 11.1 Å². The molecule has 0 aromatic heterocycles. The van der Waals surface area contributed by atoms with Crippen LogP contribution in [0.1, 0.15) is 34.6 Å². The molecule has 1 atom stereocenters. The van der Waals surface area contributed by atoms with Crippen molar-refractivity contribution in [1.82, 2.24) is 5.32 Å².